The van der Waals surface area contributed by atoms with Crippen LogP contribution in [0.25, 0.3) is 0 Å². The first-order chi connectivity index (χ1) is 9.79. The molecule has 5 nitrogen and oxygen atoms in total. The molecule has 1 saturated heterocycles. The Morgan fingerprint density at radius 3 is 2.48 bits per heavy atom. The number of halogens is 1. The Morgan fingerprint density at radius 1 is 1.33 bits per heavy atom. The fourth-order valence-electron chi connectivity index (χ4n) is 2.73. The van der Waals surface area contributed by atoms with Gasteiger partial charge in [0.2, 0.25) is 15.9 Å². The van der Waals surface area contributed by atoms with Crippen LogP contribution in [-0.2, 0) is 27.7 Å². The van der Waals surface area contributed by atoms with E-state index in [1.807, 2.05) is 26.0 Å². The van der Waals surface area contributed by atoms with Crippen LogP contribution in [0.3, 0.4) is 0 Å². The van der Waals surface area contributed by atoms with E-state index in [0.717, 1.165) is 23.2 Å². The molecule has 2 N–H and O–H groups in total. The average molecular weight is 331 g/mol. The van der Waals surface area contributed by atoms with Crippen LogP contribution in [-0.4, -0.2) is 26.1 Å². The number of carbonyl (C=O) groups excluding carboxylic acids is 1. The molecule has 0 spiro atoms. The predicted octanol–water partition coefficient (Wildman–Crippen LogP) is 1.86. The summed E-state index contributed by atoms with van der Waals surface area (Å²) in [6.45, 7) is 4.05. The van der Waals surface area contributed by atoms with Crippen molar-refractivity contribution in [3.63, 3.8) is 0 Å². The fourth-order valence-corrected chi connectivity index (χ4v) is 3.75. The number of sulfonamides is 1. The van der Waals surface area contributed by atoms with E-state index in [1.54, 1.807) is 0 Å². The van der Waals surface area contributed by atoms with E-state index in [1.165, 1.54) is 4.90 Å². The molecule has 116 valence electrons. The molecule has 1 atom stereocenters. The zero-order valence-corrected chi connectivity index (χ0v) is 13.7. The molecule has 1 aliphatic heterocycles. The number of nitrogens with two attached hydrogens (primary N) is 1. The number of rotatable bonds is 4. The molecule has 1 aromatic carbocycles. The van der Waals surface area contributed by atoms with Gasteiger partial charge >= 0.3 is 0 Å². The maximum absolute atomic E-state index is 12.2. The Balaban J connectivity index is 2.52. The van der Waals surface area contributed by atoms with E-state index in [4.69, 9.17) is 16.7 Å². The SMILES string of the molecule is CCc1ccc(Cl)c(CC)c1N1CC(S(N)(=O)=O)CC1=O. The van der Waals surface area contributed by atoms with Gasteiger partial charge in [0.05, 0.1) is 5.69 Å². The normalized spacial score (nSPS) is 19.3. The molecule has 21 heavy (non-hydrogen) atoms. The standard InChI is InChI=1S/C14H19ClN2O3S/c1-3-9-5-6-12(15)11(4-2)14(9)17-8-10(7-13(17)18)21(16,19)20/h5-6,10H,3-4,7-8H2,1-2H3,(H2,16,19,20). The van der Waals surface area contributed by atoms with Crippen molar-refractivity contribution in [3.05, 3.63) is 28.3 Å². The molecule has 2 rings (SSSR count). The minimum Gasteiger partial charge on any atom is -0.310 e. The van der Waals surface area contributed by atoms with Gasteiger partial charge in [0.25, 0.3) is 0 Å². The van der Waals surface area contributed by atoms with E-state index >= 15 is 0 Å². The lowest BCUT2D eigenvalue weighted by atomic mass is 10.0. The van der Waals surface area contributed by atoms with E-state index in [2.05, 4.69) is 0 Å². The molecular formula is C14H19ClN2O3S. The summed E-state index contributed by atoms with van der Waals surface area (Å²) >= 11 is 6.23. The fraction of sp³-hybridized carbons (Fsp3) is 0.500. The summed E-state index contributed by atoms with van der Waals surface area (Å²) in [6.07, 6.45) is 1.34. The quantitative estimate of drug-likeness (QED) is 0.915. The molecule has 0 saturated carbocycles. The van der Waals surface area contributed by atoms with Crippen molar-refractivity contribution in [1.82, 2.24) is 0 Å². The molecule has 1 fully saturated rings. The number of hydrogen-bond acceptors (Lipinski definition) is 3. The summed E-state index contributed by atoms with van der Waals surface area (Å²) < 4.78 is 23.0. The average Bonchev–Trinajstić information content (AvgIpc) is 2.80. The molecule has 0 bridgehead atoms. The molecule has 1 unspecified atom stereocenters. The summed E-state index contributed by atoms with van der Waals surface area (Å²) in [5.41, 5.74) is 2.61. The number of aryl methyl sites for hydroxylation is 1. The second-order valence-corrected chi connectivity index (χ2v) is 7.41. The van der Waals surface area contributed by atoms with Crippen LogP contribution >= 0.6 is 11.6 Å². The van der Waals surface area contributed by atoms with Gasteiger partial charge in [-0.25, -0.2) is 13.6 Å². The van der Waals surface area contributed by atoms with Crippen molar-refractivity contribution in [2.24, 2.45) is 5.14 Å². The zero-order valence-electron chi connectivity index (χ0n) is 12.1. The Bertz CT molecular complexity index is 673. The van der Waals surface area contributed by atoms with Gasteiger partial charge in [-0.05, 0) is 30.0 Å². The van der Waals surface area contributed by atoms with E-state index < -0.39 is 15.3 Å². The van der Waals surface area contributed by atoms with Crippen LogP contribution in [0.5, 0.6) is 0 Å². The highest BCUT2D eigenvalue weighted by Gasteiger charge is 2.38. The molecule has 1 aliphatic rings. The van der Waals surface area contributed by atoms with Gasteiger partial charge in [-0.2, -0.15) is 0 Å². The second kappa shape index (κ2) is 5.94. The summed E-state index contributed by atoms with van der Waals surface area (Å²) in [5.74, 6) is -0.222. The van der Waals surface area contributed by atoms with Gasteiger partial charge in [0.15, 0.2) is 0 Å². The maximum atomic E-state index is 12.2. The minimum absolute atomic E-state index is 0.0718. The van der Waals surface area contributed by atoms with Crippen molar-refractivity contribution >= 4 is 33.2 Å². The molecule has 0 aliphatic carbocycles. The van der Waals surface area contributed by atoms with Crippen LogP contribution < -0.4 is 10.0 Å². The van der Waals surface area contributed by atoms with E-state index in [-0.39, 0.29) is 18.9 Å². The Hall–Kier alpha value is -1.11. The summed E-state index contributed by atoms with van der Waals surface area (Å²) in [7, 11) is -3.72. The molecule has 7 heteroatoms. The minimum atomic E-state index is -3.72. The summed E-state index contributed by atoms with van der Waals surface area (Å²) in [4.78, 5) is 13.8. The maximum Gasteiger partial charge on any atom is 0.228 e. The van der Waals surface area contributed by atoms with Gasteiger partial charge < -0.3 is 4.90 Å². The van der Waals surface area contributed by atoms with E-state index in [0.29, 0.717) is 11.4 Å². The second-order valence-electron chi connectivity index (χ2n) is 5.16. The predicted molar refractivity (Wildman–Crippen MR) is 84.1 cm³/mol. The van der Waals surface area contributed by atoms with Gasteiger partial charge in [0, 0.05) is 18.0 Å². The molecular weight excluding hydrogens is 312 g/mol. The number of primary sulfonamides is 1. The first kappa shape index (κ1) is 16.3. The smallest absolute Gasteiger partial charge is 0.228 e. The monoisotopic (exact) mass is 330 g/mol. The Kier molecular flexibility index (Phi) is 4.60. The van der Waals surface area contributed by atoms with Crippen molar-refractivity contribution in [2.75, 3.05) is 11.4 Å². The molecule has 1 heterocycles. The highest BCUT2D eigenvalue weighted by atomic mass is 35.5. The van der Waals surface area contributed by atoms with Crippen molar-refractivity contribution in [3.8, 4) is 0 Å². The Labute approximate surface area is 130 Å². The summed E-state index contributed by atoms with van der Waals surface area (Å²) in [6, 6.07) is 3.70. The lowest BCUT2D eigenvalue weighted by Gasteiger charge is -2.24. The van der Waals surface area contributed by atoms with E-state index in [9.17, 15) is 13.2 Å². The number of nitrogens with zero attached hydrogens (tertiary/aromatic N) is 1. The summed E-state index contributed by atoms with van der Waals surface area (Å²) in [5, 5.41) is 4.93. The third kappa shape index (κ3) is 3.07. The van der Waals surface area contributed by atoms with Crippen molar-refractivity contribution in [1.29, 1.82) is 0 Å². The van der Waals surface area contributed by atoms with Crippen molar-refractivity contribution in [2.45, 2.75) is 38.4 Å². The molecule has 1 aromatic rings. The number of hydrogen-bond donors (Lipinski definition) is 1. The van der Waals surface area contributed by atoms with Gasteiger partial charge in [-0.1, -0.05) is 31.5 Å². The van der Waals surface area contributed by atoms with Crippen LogP contribution in [0.15, 0.2) is 12.1 Å². The van der Waals surface area contributed by atoms with Gasteiger partial charge in [-0.3, -0.25) is 4.79 Å². The van der Waals surface area contributed by atoms with Gasteiger partial charge in [0.1, 0.15) is 5.25 Å². The molecule has 1 amide bonds. The van der Waals surface area contributed by atoms with Gasteiger partial charge in [-0.15, -0.1) is 0 Å². The highest BCUT2D eigenvalue weighted by molar-refractivity contribution is 7.89. The van der Waals surface area contributed by atoms with Crippen LogP contribution in [0.4, 0.5) is 5.69 Å². The van der Waals surface area contributed by atoms with Crippen LogP contribution in [0, 0.1) is 0 Å². The zero-order chi connectivity index (χ0) is 15.8. The first-order valence-corrected chi connectivity index (χ1v) is 8.90. The number of amides is 1. The topological polar surface area (TPSA) is 80.5 Å². The first-order valence-electron chi connectivity index (χ1n) is 6.91. The third-order valence-electron chi connectivity index (χ3n) is 3.87. The lowest BCUT2D eigenvalue weighted by molar-refractivity contribution is -0.117. The lowest BCUT2D eigenvalue weighted by Crippen LogP contribution is -2.33. The highest BCUT2D eigenvalue weighted by Crippen LogP contribution is 2.35. The number of anilines is 1. The number of benzene rings is 1. The van der Waals surface area contributed by atoms with Crippen LogP contribution in [0.1, 0.15) is 31.4 Å². The Morgan fingerprint density at radius 2 is 2.00 bits per heavy atom. The number of carbonyl (C=O) groups is 1. The largest absolute Gasteiger partial charge is 0.310 e. The third-order valence-corrected chi connectivity index (χ3v) is 5.47. The van der Waals surface area contributed by atoms with Crippen LogP contribution in [0.2, 0.25) is 5.02 Å². The molecule has 0 radical (unpaired) electrons. The molecule has 0 aromatic heterocycles. The van der Waals surface area contributed by atoms with Crippen molar-refractivity contribution < 1.29 is 13.2 Å².